The standard InChI is InChI=1S/C7H4Cl2.H2O2S/c8-6-3-4-1-2-5(6)7(4)9;1-3-2/h1-3,7H;3H2. The van der Waals surface area contributed by atoms with E-state index in [1.807, 2.05) is 18.2 Å². The molecular weight excluding hydrogens is 219 g/mol. The van der Waals surface area contributed by atoms with Crippen LogP contribution in [-0.2, 0) is 11.6 Å². The largest absolute Gasteiger partial charge is 0.235 e. The Kier molecular flexibility index (Phi) is 3.38. The van der Waals surface area contributed by atoms with Gasteiger partial charge >= 0.3 is 0 Å². The maximum Gasteiger partial charge on any atom is 0.129 e. The molecule has 0 aromatic heterocycles. The fourth-order valence-corrected chi connectivity index (χ4v) is 1.77. The Morgan fingerprint density at radius 1 is 1.33 bits per heavy atom. The van der Waals surface area contributed by atoms with E-state index in [1.54, 1.807) is 0 Å². The summed E-state index contributed by atoms with van der Waals surface area (Å²) in [5.74, 6) is 0. The van der Waals surface area contributed by atoms with Gasteiger partial charge in [0.1, 0.15) is 11.6 Å². The molecule has 66 valence electrons. The maximum atomic E-state index is 8.40. The predicted octanol–water partition coefficient (Wildman–Crippen LogP) is 1.39. The minimum Gasteiger partial charge on any atom is -0.235 e. The van der Waals surface area contributed by atoms with E-state index in [-0.39, 0.29) is 5.38 Å². The molecule has 2 bridgehead atoms. The molecule has 0 spiro atoms. The van der Waals surface area contributed by atoms with Crippen LogP contribution in [0.25, 0.3) is 0 Å². The van der Waals surface area contributed by atoms with E-state index in [2.05, 4.69) is 0 Å². The number of hydrogen-bond donors (Lipinski definition) is 0. The van der Waals surface area contributed by atoms with E-state index in [0.717, 1.165) is 16.2 Å². The van der Waals surface area contributed by atoms with Gasteiger partial charge in [0.25, 0.3) is 0 Å². The third-order valence-corrected chi connectivity index (χ3v) is 2.40. The van der Waals surface area contributed by atoms with Gasteiger partial charge in [0.2, 0.25) is 0 Å². The molecule has 0 aromatic carbocycles. The molecule has 2 aliphatic carbocycles. The molecule has 0 amide bonds. The number of halogens is 2. The van der Waals surface area contributed by atoms with Crippen molar-refractivity contribution in [3.8, 4) is 0 Å². The minimum absolute atomic E-state index is 0.0394. The quantitative estimate of drug-likeness (QED) is 0.584. The van der Waals surface area contributed by atoms with Crippen molar-refractivity contribution in [2.45, 2.75) is 5.38 Å². The molecule has 0 aromatic rings. The molecule has 12 heavy (non-hydrogen) atoms. The highest BCUT2D eigenvalue weighted by Gasteiger charge is 2.26. The van der Waals surface area contributed by atoms with Crippen LogP contribution in [0.2, 0.25) is 0 Å². The Bertz CT molecular complexity index is 324. The van der Waals surface area contributed by atoms with Gasteiger partial charge in [0, 0.05) is 5.03 Å². The van der Waals surface area contributed by atoms with Gasteiger partial charge in [-0.15, -0.1) is 11.6 Å². The van der Waals surface area contributed by atoms with Crippen LogP contribution in [0, 0.1) is 0 Å². The van der Waals surface area contributed by atoms with Gasteiger partial charge in [-0.3, -0.25) is 0 Å². The Hall–Kier alpha value is -0.250. The van der Waals surface area contributed by atoms with E-state index < -0.39 is 11.6 Å². The molecule has 1 unspecified atom stereocenters. The van der Waals surface area contributed by atoms with Crippen molar-refractivity contribution in [1.82, 2.24) is 0 Å². The lowest BCUT2D eigenvalue weighted by Crippen LogP contribution is -1.90. The second kappa shape index (κ2) is 4.12. The molecule has 0 saturated heterocycles. The van der Waals surface area contributed by atoms with Crippen molar-refractivity contribution in [3.63, 3.8) is 0 Å². The molecule has 5 heteroatoms. The normalized spacial score (nSPS) is 23.8. The van der Waals surface area contributed by atoms with Crippen LogP contribution in [0.15, 0.2) is 34.4 Å². The first-order valence-corrected chi connectivity index (χ1v) is 4.76. The highest BCUT2D eigenvalue weighted by Crippen LogP contribution is 2.38. The third-order valence-electron chi connectivity index (χ3n) is 1.59. The molecule has 1 atom stereocenters. The maximum absolute atomic E-state index is 8.40. The van der Waals surface area contributed by atoms with Crippen molar-refractivity contribution >= 4 is 34.8 Å². The molecule has 0 aliphatic heterocycles. The SMILES string of the molecule is ClC1=C2C=CC(=C1)C2Cl.O=[SH2]=O. The summed E-state index contributed by atoms with van der Waals surface area (Å²) >= 11 is 10.3. The van der Waals surface area contributed by atoms with Crippen LogP contribution in [-0.4, -0.2) is 13.8 Å². The minimum atomic E-state index is -1.42. The van der Waals surface area contributed by atoms with Gasteiger partial charge < -0.3 is 0 Å². The summed E-state index contributed by atoms with van der Waals surface area (Å²) in [5, 5.41) is 0.838. The number of rotatable bonds is 0. The molecule has 2 nitrogen and oxygen atoms in total. The highest BCUT2D eigenvalue weighted by molar-refractivity contribution is 7.51. The first-order chi connectivity index (χ1) is 5.70. The van der Waals surface area contributed by atoms with Crippen molar-refractivity contribution < 1.29 is 8.42 Å². The van der Waals surface area contributed by atoms with Crippen molar-refractivity contribution in [1.29, 1.82) is 0 Å². The number of hydrogen-bond acceptors (Lipinski definition) is 2. The average Bonchev–Trinajstić information content (AvgIpc) is 2.47. The first kappa shape index (κ1) is 9.84. The molecule has 0 fully saturated rings. The predicted molar refractivity (Wildman–Crippen MR) is 51.5 cm³/mol. The van der Waals surface area contributed by atoms with Crippen molar-refractivity contribution in [2.75, 3.05) is 0 Å². The number of allylic oxidation sites excluding steroid dienone is 6. The zero-order valence-electron chi connectivity index (χ0n) is 5.88. The molecule has 2 aliphatic rings. The van der Waals surface area contributed by atoms with E-state index in [1.165, 1.54) is 0 Å². The summed E-state index contributed by atoms with van der Waals surface area (Å²) in [5.41, 5.74) is 2.17. The van der Waals surface area contributed by atoms with Gasteiger partial charge in [-0.05, 0) is 17.2 Å². The molecule has 0 radical (unpaired) electrons. The zero-order valence-corrected chi connectivity index (χ0v) is 8.39. The summed E-state index contributed by atoms with van der Waals surface area (Å²) in [6, 6.07) is 0. The fraction of sp³-hybridized carbons (Fsp3) is 0.143. The lowest BCUT2D eigenvalue weighted by molar-refractivity contribution is 0.630. The van der Waals surface area contributed by atoms with Gasteiger partial charge in [0.15, 0.2) is 0 Å². The summed E-state index contributed by atoms with van der Waals surface area (Å²) in [4.78, 5) is 0. The van der Waals surface area contributed by atoms with Crippen LogP contribution in [0.5, 0.6) is 0 Å². The van der Waals surface area contributed by atoms with Crippen molar-refractivity contribution in [2.24, 2.45) is 0 Å². The van der Waals surface area contributed by atoms with Crippen LogP contribution < -0.4 is 0 Å². The summed E-state index contributed by atoms with van der Waals surface area (Å²) in [7, 11) is 0. The molecule has 2 rings (SSSR count). The van der Waals surface area contributed by atoms with Crippen LogP contribution >= 0.6 is 23.2 Å². The van der Waals surface area contributed by atoms with E-state index >= 15 is 0 Å². The average molecular weight is 225 g/mol. The molecule has 0 saturated carbocycles. The Balaban J connectivity index is 0.000000213. The summed E-state index contributed by atoms with van der Waals surface area (Å²) in [6.45, 7) is 0. The van der Waals surface area contributed by atoms with Gasteiger partial charge in [-0.25, -0.2) is 8.42 Å². The van der Waals surface area contributed by atoms with Gasteiger partial charge in [-0.2, -0.15) is 0 Å². The number of fused-ring (bicyclic) bond motifs is 2. The van der Waals surface area contributed by atoms with E-state index in [9.17, 15) is 0 Å². The van der Waals surface area contributed by atoms with Crippen LogP contribution in [0.3, 0.4) is 0 Å². The van der Waals surface area contributed by atoms with Crippen LogP contribution in [0.4, 0.5) is 0 Å². The molecule has 0 heterocycles. The highest BCUT2D eigenvalue weighted by atomic mass is 35.5. The lowest BCUT2D eigenvalue weighted by atomic mass is 10.3. The number of alkyl halides is 1. The second-order valence-electron chi connectivity index (χ2n) is 2.23. The van der Waals surface area contributed by atoms with Gasteiger partial charge in [0.05, 0.1) is 5.38 Å². The smallest absolute Gasteiger partial charge is 0.129 e. The Morgan fingerprint density at radius 3 is 2.08 bits per heavy atom. The Morgan fingerprint density at radius 2 is 1.92 bits per heavy atom. The van der Waals surface area contributed by atoms with Crippen molar-refractivity contribution in [3.05, 3.63) is 34.4 Å². The fourth-order valence-electron chi connectivity index (χ4n) is 1.09. The topological polar surface area (TPSA) is 34.1 Å². The summed E-state index contributed by atoms with van der Waals surface area (Å²) in [6.07, 6.45) is 5.88. The van der Waals surface area contributed by atoms with E-state index in [4.69, 9.17) is 31.6 Å². The first-order valence-electron chi connectivity index (χ1n) is 3.13. The second-order valence-corrected chi connectivity index (χ2v) is 3.24. The van der Waals surface area contributed by atoms with Crippen LogP contribution in [0.1, 0.15) is 0 Å². The lowest BCUT2D eigenvalue weighted by Gasteiger charge is -1.95. The molecular formula is C7H6Cl2O2S. The monoisotopic (exact) mass is 224 g/mol. The third kappa shape index (κ3) is 1.73. The summed E-state index contributed by atoms with van der Waals surface area (Å²) < 4.78 is 16.8. The van der Waals surface area contributed by atoms with E-state index in [0.29, 0.717) is 0 Å². The Labute approximate surface area is 83.2 Å². The molecule has 0 N–H and O–H groups in total. The zero-order chi connectivity index (χ0) is 9.14. The van der Waals surface area contributed by atoms with Gasteiger partial charge in [-0.1, -0.05) is 23.8 Å².